The molecule has 1 saturated heterocycles. The molecule has 2 aromatic heterocycles. The van der Waals surface area contributed by atoms with Crippen molar-refractivity contribution in [3.63, 3.8) is 0 Å². The number of nitrogens with one attached hydrogen (secondary N) is 2. The van der Waals surface area contributed by atoms with Crippen LogP contribution in [0.2, 0.25) is 0 Å². The number of likely N-dealkylation sites (tertiary alicyclic amines) is 1. The SMILES string of the molecule is CC(NC(=O)c1c[nH]c2ccc(-c3ccc4nc(C5CCN(C)CC5)sc4c3)cc12)c1cccc(F)c1. The minimum atomic E-state index is -0.316. The highest BCUT2D eigenvalue weighted by molar-refractivity contribution is 7.18. The molecule has 0 spiro atoms. The average Bonchev–Trinajstić information content (AvgIpc) is 3.52. The van der Waals surface area contributed by atoms with E-state index in [2.05, 4.69) is 52.6 Å². The Labute approximate surface area is 219 Å². The number of carbonyl (C=O) groups is 1. The fraction of sp³-hybridized carbons (Fsp3) is 0.267. The number of aromatic amines is 1. The van der Waals surface area contributed by atoms with Gasteiger partial charge in [-0.25, -0.2) is 9.37 Å². The van der Waals surface area contributed by atoms with Crippen molar-refractivity contribution in [1.29, 1.82) is 0 Å². The number of halogens is 1. The normalized spacial score (nSPS) is 15.9. The standard InChI is InChI=1S/C30H29FN4OS/c1-18(20-4-3-5-23(31)14-20)33-29(36)25-17-32-26-8-6-21(15-24(25)26)22-7-9-27-28(16-22)37-30(34-27)19-10-12-35(2)13-11-19/h3-9,14-19,32H,10-13H2,1-2H3,(H,33,36). The van der Waals surface area contributed by atoms with E-state index in [-0.39, 0.29) is 17.8 Å². The first-order chi connectivity index (χ1) is 17.9. The van der Waals surface area contributed by atoms with Gasteiger partial charge in [0, 0.05) is 23.0 Å². The zero-order chi connectivity index (χ0) is 25.5. The number of nitrogens with zero attached hydrogens (tertiary/aromatic N) is 2. The highest BCUT2D eigenvalue weighted by Gasteiger charge is 2.22. The molecule has 7 heteroatoms. The van der Waals surface area contributed by atoms with E-state index < -0.39 is 0 Å². The Balaban J connectivity index is 1.27. The lowest BCUT2D eigenvalue weighted by molar-refractivity contribution is 0.0941. The highest BCUT2D eigenvalue weighted by atomic mass is 32.1. The molecular weight excluding hydrogens is 483 g/mol. The summed E-state index contributed by atoms with van der Waals surface area (Å²) in [6.45, 7) is 4.11. The summed E-state index contributed by atoms with van der Waals surface area (Å²) >= 11 is 1.81. The van der Waals surface area contributed by atoms with Gasteiger partial charge in [0.05, 0.1) is 26.8 Å². The Morgan fingerprint density at radius 2 is 1.89 bits per heavy atom. The van der Waals surface area contributed by atoms with E-state index in [0.717, 1.165) is 59.0 Å². The van der Waals surface area contributed by atoms with E-state index in [1.807, 2.05) is 19.1 Å². The van der Waals surface area contributed by atoms with Gasteiger partial charge in [-0.2, -0.15) is 0 Å². The van der Waals surface area contributed by atoms with Gasteiger partial charge in [0.15, 0.2) is 0 Å². The zero-order valence-corrected chi connectivity index (χ0v) is 21.7. The van der Waals surface area contributed by atoms with E-state index >= 15 is 0 Å². The van der Waals surface area contributed by atoms with Crippen molar-refractivity contribution < 1.29 is 9.18 Å². The van der Waals surface area contributed by atoms with Crippen LogP contribution in [0.15, 0.2) is 66.9 Å². The Bertz CT molecular complexity index is 1600. The molecule has 37 heavy (non-hydrogen) atoms. The van der Waals surface area contributed by atoms with Crippen molar-refractivity contribution in [2.75, 3.05) is 20.1 Å². The van der Waals surface area contributed by atoms with E-state index in [4.69, 9.17) is 4.98 Å². The Morgan fingerprint density at radius 1 is 1.11 bits per heavy atom. The van der Waals surface area contributed by atoms with Gasteiger partial charge >= 0.3 is 0 Å². The molecule has 1 aliphatic heterocycles. The van der Waals surface area contributed by atoms with Gasteiger partial charge in [-0.3, -0.25) is 4.79 Å². The summed E-state index contributed by atoms with van der Waals surface area (Å²) in [5.74, 6) is 0.0386. The van der Waals surface area contributed by atoms with Crippen molar-refractivity contribution in [2.45, 2.75) is 31.7 Å². The molecule has 1 aliphatic rings. The summed E-state index contributed by atoms with van der Waals surface area (Å²) in [6, 6.07) is 18.6. The summed E-state index contributed by atoms with van der Waals surface area (Å²) in [6.07, 6.45) is 4.06. The van der Waals surface area contributed by atoms with Crippen LogP contribution in [0.25, 0.3) is 32.2 Å². The highest BCUT2D eigenvalue weighted by Crippen LogP contribution is 2.36. The number of hydrogen-bond donors (Lipinski definition) is 2. The van der Waals surface area contributed by atoms with Crippen molar-refractivity contribution in [1.82, 2.24) is 20.2 Å². The lowest BCUT2D eigenvalue weighted by atomic mass is 9.98. The first-order valence-corrected chi connectivity index (χ1v) is 13.5. The fourth-order valence-electron chi connectivity index (χ4n) is 5.17. The van der Waals surface area contributed by atoms with Gasteiger partial charge in [-0.05, 0) is 93.0 Å². The predicted octanol–water partition coefficient (Wildman–Crippen LogP) is 6.88. The average molecular weight is 513 g/mol. The van der Waals surface area contributed by atoms with Gasteiger partial charge in [0.25, 0.3) is 5.91 Å². The van der Waals surface area contributed by atoms with Crippen LogP contribution in [-0.4, -0.2) is 40.9 Å². The van der Waals surface area contributed by atoms with Gasteiger partial charge in [0.1, 0.15) is 5.82 Å². The van der Waals surface area contributed by atoms with Crippen LogP contribution in [0.3, 0.4) is 0 Å². The maximum absolute atomic E-state index is 13.6. The van der Waals surface area contributed by atoms with Gasteiger partial charge in [-0.15, -0.1) is 11.3 Å². The smallest absolute Gasteiger partial charge is 0.253 e. The lowest BCUT2D eigenvalue weighted by Gasteiger charge is -2.27. The monoisotopic (exact) mass is 512 g/mol. The molecule has 5 nitrogen and oxygen atoms in total. The minimum absolute atomic E-state index is 0.194. The first-order valence-electron chi connectivity index (χ1n) is 12.7. The second-order valence-electron chi connectivity index (χ2n) is 10.0. The molecule has 5 aromatic rings. The molecule has 188 valence electrons. The summed E-state index contributed by atoms with van der Waals surface area (Å²) in [5, 5.41) is 5.11. The quantitative estimate of drug-likeness (QED) is 0.270. The number of piperidine rings is 1. The number of fused-ring (bicyclic) bond motifs is 2. The number of amides is 1. The van der Waals surface area contributed by atoms with E-state index in [0.29, 0.717) is 11.5 Å². The molecule has 1 amide bonds. The van der Waals surface area contributed by atoms with Crippen LogP contribution in [0.5, 0.6) is 0 Å². The van der Waals surface area contributed by atoms with Crippen LogP contribution in [-0.2, 0) is 0 Å². The molecule has 0 aliphatic carbocycles. The van der Waals surface area contributed by atoms with Crippen LogP contribution < -0.4 is 5.32 Å². The third-order valence-corrected chi connectivity index (χ3v) is 8.61. The van der Waals surface area contributed by atoms with Crippen molar-refractivity contribution >= 4 is 38.4 Å². The summed E-state index contributed by atoms with van der Waals surface area (Å²) in [5.41, 5.74) is 5.41. The number of aromatic nitrogens is 2. The topological polar surface area (TPSA) is 61.0 Å². The number of H-pyrrole nitrogens is 1. The van der Waals surface area contributed by atoms with Crippen molar-refractivity contribution in [3.8, 4) is 11.1 Å². The van der Waals surface area contributed by atoms with Crippen LogP contribution in [0.1, 0.15) is 52.7 Å². The number of rotatable bonds is 5. The number of thiazole rings is 1. The number of benzene rings is 3. The largest absolute Gasteiger partial charge is 0.360 e. The van der Waals surface area contributed by atoms with Crippen molar-refractivity contribution in [2.24, 2.45) is 0 Å². The molecule has 0 saturated carbocycles. The first kappa shape index (κ1) is 23.8. The van der Waals surface area contributed by atoms with Crippen molar-refractivity contribution in [3.05, 3.63) is 88.8 Å². The van der Waals surface area contributed by atoms with Crippen LogP contribution in [0.4, 0.5) is 4.39 Å². The Kier molecular flexibility index (Phi) is 6.26. The molecule has 2 N–H and O–H groups in total. The predicted molar refractivity (Wildman–Crippen MR) is 149 cm³/mol. The third-order valence-electron chi connectivity index (χ3n) is 7.43. The molecule has 0 bridgehead atoms. The molecule has 6 rings (SSSR count). The number of hydrogen-bond acceptors (Lipinski definition) is 4. The molecule has 1 atom stereocenters. The second kappa shape index (κ2) is 9.72. The molecule has 1 fully saturated rings. The molecule has 1 unspecified atom stereocenters. The molecule has 3 heterocycles. The lowest BCUT2D eigenvalue weighted by Crippen LogP contribution is -2.29. The molecule has 3 aromatic carbocycles. The summed E-state index contributed by atoms with van der Waals surface area (Å²) in [7, 11) is 2.18. The van der Waals surface area contributed by atoms with Gasteiger partial charge < -0.3 is 15.2 Å². The van der Waals surface area contributed by atoms with E-state index in [1.165, 1.54) is 21.8 Å². The molecular formula is C30H29FN4OS. The third kappa shape index (κ3) is 4.77. The van der Waals surface area contributed by atoms with E-state index in [1.54, 1.807) is 23.6 Å². The zero-order valence-electron chi connectivity index (χ0n) is 20.9. The van der Waals surface area contributed by atoms with Gasteiger partial charge in [0.2, 0.25) is 0 Å². The Hall–Kier alpha value is -3.55. The molecule has 0 radical (unpaired) electrons. The maximum atomic E-state index is 13.6. The summed E-state index contributed by atoms with van der Waals surface area (Å²) < 4.78 is 14.8. The fourth-order valence-corrected chi connectivity index (χ4v) is 6.35. The van der Waals surface area contributed by atoms with E-state index in [9.17, 15) is 9.18 Å². The summed E-state index contributed by atoms with van der Waals surface area (Å²) in [4.78, 5) is 23.7. The second-order valence-corrected chi connectivity index (χ2v) is 11.1. The number of carbonyl (C=O) groups excluding carboxylic acids is 1. The van der Waals surface area contributed by atoms with Gasteiger partial charge in [-0.1, -0.05) is 24.3 Å². The Morgan fingerprint density at radius 3 is 2.70 bits per heavy atom. The van der Waals surface area contributed by atoms with Crippen LogP contribution >= 0.6 is 11.3 Å². The minimum Gasteiger partial charge on any atom is -0.360 e. The maximum Gasteiger partial charge on any atom is 0.253 e. The van der Waals surface area contributed by atoms with Crippen LogP contribution in [0, 0.1) is 5.82 Å².